The molecule has 7 heteroatoms. The number of rotatable bonds is 7. The van der Waals surface area contributed by atoms with Crippen LogP contribution >= 0.6 is 0 Å². The number of aromatic nitrogens is 2. The summed E-state index contributed by atoms with van der Waals surface area (Å²) < 4.78 is 15.6. The maximum atomic E-state index is 12.5. The minimum Gasteiger partial charge on any atom is -0.494 e. The van der Waals surface area contributed by atoms with E-state index in [1.165, 1.54) is 0 Å². The summed E-state index contributed by atoms with van der Waals surface area (Å²) in [6.45, 7) is 4.92. The molecule has 0 aliphatic carbocycles. The quantitative estimate of drug-likeness (QED) is 0.695. The highest BCUT2D eigenvalue weighted by Gasteiger charge is 2.16. The number of hydrogen-bond acceptors (Lipinski definition) is 6. The van der Waals surface area contributed by atoms with Gasteiger partial charge in [0.05, 0.1) is 13.2 Å². The molecule has 1 heterocycles. The van der Waals surface area contributed by atoms with E-state index in [1.807, 2.05) is 38.1 Å². The molecule has 26 heavy (non-hydrogen) atoms. The molecule has 134 valence electrons. The van der Waals surface area contributed by atoms with E-state index in [1.54, 1.807) is 24.3 Å². The Balaban J connectivity index is 1.78. The van der Waals surface area contributed by atoms with Crippen LogP contribution in [0.25, 0.3) is 11.3 Å². The first-order chi connectivity index (χ1) is 12.7. The molecule has 0 saturated heterocycles. The Labute approximate surface area is 150 Å². The van der Waals surface area contributed by atoms with Gasteiger partial charge in [-0.1, -0.05) is 6.07 Å². The molecular weight excluding hydrogens is 334 g/mol. The van der Waals surface area contributed by atoms with Crippen molar-refractivity contribution in [3.8, 4) is 22.8 Å². The third kappa shape index (κ3) is 4.00. The van der Waals surface area contributed by atoms with Gasteiger partial charge in [0.25, 0.3) is 5.91 Å². The molecule has 1 N–H and O–H groups in total. The van der Waals surface area contributed by atoms with E-state index in [0.29, 0.717) is 30.2 Å². The number of ether oxygens (including phenoxy) is 2. The number of anilines is 1. The second-order valence-electron chi connectivity index (χ2n) is 5.33. The Kier molecular flexibility index (Phi) is 5.48. The van der Waals surface area contributed by atoms with Crippen LogP contribution in [0.1, 0.15) is 24.2 Å². The third-order valence-electron chi connectivity index (χ3n) is 3.57. The van der Waals surface area contributed by atoms with Crippen molar-refractivity contribution >= 4 is 11.7 Å². The Bertz CT molecular complexity index is 875. The van der Waals surface area contributed by atoms with E-state index >= 15 is 0 Å². The van der Waals surface area contributed by atoms with Crippen LogP contribution in [-0.4, -0.2) is 29.4 Å². The Hall–Kier alpha value is -3.35. The summed E-state index contributed by atoms with van der Waals surface area (Å²) in [7, 11) is 0. The van der Waals surface area contributed by atoms with Crippen molar-refractivity contribution < 1.29 is 18.9 Å². The smallest absolute Gasteiger partial charge is 0.257 e. The van der Waals surface area contributed by atoms with Gasteiger partial charge in [0, 0.05) is 11.1 Å². The lowest BCUT2D eigenvalue weighted by Crippen LogP contribution is -2.13. The number of carbonyl (C=O) groups is 1. The fraction of sp³-hybridized carbons (Fsp3) is 0.211. The van der Waals surface area contributed by atoms with Crippen LogP contribution in [0.3, 0.4) is 0 Å². The highest BCUT2D eigenvalue weighted by Crippen LogP contribution is 2.27. The first-order valence-electron chi connectivity index (χ1n) is 8.31. The predicted octanol–water partition coefficient (Wildman–Crippen LogP) is 3.79. The van der Waals surface area contributed by atoms with Crippen molar-refractivity contribution in [2.45, 2.75) is 13.8 Å². The molecule has 7 nitrogen and oxygen atoms in total. The van der Waals surface area contributed by atoms with Crippen molar-refractivity contribution in [1.29, 1.82) is 0 Å². The highest BCUT2D eigenvalue weighted by molar-refractivity contribution is 6.05. The molecule has 0 spiro atoms. The lowest BCUT2D eigenvalue weighted by Gasteiger charge is -2.07. The molecule has 1 amide bonds. The predicted molar refractivity (Wildman–Crippen MR) is 96.5 cm³/mol. The number of benzene rings is 2. The number of nitrogens with zero attached hydrogens (tertiary/aromatic N) is 2. The van der Waals surface area contributed by atoms with Crippen LogP contribution in [-0.2, 0) is 0 Å². The maximum absolute atomic E-state index is 12.5. The zero-order chi connectivity index (χ0) is 18.4. The van der Waals surface area contributed by atoms with Crippen molar-refractivity contribution in [3.05, 3.63) is 54.1 Å². The van der Waals surface area contributed by atoms with Crippen LogP contribution < -0.4 is 14.8 Å². The third-order valence-corrected chi connectivity index (χ3v) is 3.57. The number of carbonyl (C=O) groups excluding carboxylic acids is 1. The molecule has 2 aromatic carbocycles. The second kappa shape index (κ2) is 8.15. The summed E-state index contributed by atoms with van der Waals surface area (Å²) in [6, 6.07) is 14.2. The summed E-state index contributed by atoms with van der Waals surface area (Å²) in [5, 5.41) is 10.4. The fourth-order valence-corrected chi connectivity index (χ4v) is 2.41. The lowest BCUT2D eigenvalue weighted by molar-refractivity contribution is 0.102. The molecule has 0 fully saturated rings. The summed E-state index contributed by atoms with van der Waals surface area (Å²) in [5.74, 6) is 1.31. The monoisotopic (exact) mass is 353 g/mol. The normalized spacial score (nSPS) is 10.4. The molecule has 0 saturated carbocycles. The van der Waals surface area contributed by atoms with Crippen molar-refractivity contribution in [3.63, 3.8) is 0 Å². The lowest BCUT2D eigenvalue weighted by atomic mass is 10.1. The highest BCUT2D eigenvalue weighted by atomic mass is 16.6. The van der Waals surface area contributed by atoms with Gasteiger partial charge in [-0.2, -0.15) is 0 Å². The molecule has 0 radical (unpaired) electrons. The minimum atomic E-state index is -0.325. The summed E-state index contributed by atoms with van der Waals surface area (Å²) >= 11 is 0. The van der Waals surface area contributed by atoms with Gasteiger partial charge in [0.2, 0.25) is 5.82 Å². The van der Waals surface area contributed by atoms with E-state index < -0.39 is 0 Å². The minimum absolute atomic E-state index is 0.251. The van der Waals surface area contributed by atoms with Crippen LogP contribution in [0, 0.1) is 0 Å². The van der Waals surface area contributed by atoms with E-state index in [0.717, 1.165) is 11.3 Å². The van der Waals surface area contributed by atoms with Gasteiger partial charge in [-0.3, -0.25) is 4.79 Å². The molecular formula is C19H19N3O4. The number of amides is 1. The largest absolute Gasteiger partial charge is 0.494 e. The van der Waals surface area contributed by atoms with Crippen LogP contribution in [0.4, 0.5) is 5.82 Å². The van der Waals surface area contributed by atoms with Gasteiger partial charge >= 0.3 is 0 Å². The first-order valence-corrected chi connectivity index (χ1v) is 8.31. The molecule has 3 rings (SSSR count). The Morgan fingerprint density at radius 2 is 1.73 bits per heavy atom. The zero-order valence-corrected chi connectivity index (χ0v) is 14.6. The van der Waals surface area contributed by atoms with Gasteiger partial charge in [0.15, 0.2) is 5.69 Å². The SMILES string of the molecule is CCOc1ccc(-c2nonc2NC(=O)c2cccc(OCC)c2)cc1. The average Bonchev–Trinajstić information content (AvgIpc) is 3.11. The van der Waals surface area contributed by atoms with E-state index in [-0.39, 0.29) is 11.7 Å². The van der Waals surface area contributed by atoms with Gasteiger partial charge in [-0.05, 0) is 66.6 Å². The molecule has 0 unspecified atom stereocenters. The van der Waals surface area contributed by atoms with Crippen molar-refractivity contribution in [2.75, 3.05) is 18.5 Å². The van der Waals surface area contributed by atoms with E-state index in [4.69, 9.17) is 14.1 Å². The molecule has 3 aromatic rings. The number of hydrogen-bond donors (Lipinski definition) is 1. The fourth-order valence-electron chi connectivity index (χ4n) is 2.41. The molecule has 0 atom stereocenters. The summed E-state index contributed by atoms with van der Waals surface area (Å²) in [5.41, 5.74) is 1.66. The van der Waals surface area contributed by atoms with E-state index in [9.17, 15) is 4.79 Å². The van der Waals surface area contributed by atoms with Crippen molar-refractivity contribution in [2.24, 2.45) is 0 Å². The van der Waals surface area contributed by atoms with Crippen LogP contribution in [0.5, 0.6) is 11.5 Å². The zero-order valence-electron chi connectivity index (χ0n) is 14.6. The van der Waals surface area contributed by atoms with E-state index in [2.05, 4.69) is 15.6 Å². The molecule has 1 aromatic heterocycles. The second-order valence-corrected chi connectivity index (χ2v) is 5.33. The van der Waals surface area contributed by atoms with Gasteiger partial charge in [-0.25, -0.2) is 4.63 Å². The Morgan fingerprint density at radius 1 is 1.00 bits per heavy atom. The molecule has 0 aliphatic rings. The average molecular weight is 353 g/mol. The van der Waals surface area contributed by atoms with Gasteiger partial charge < -0.3 is 14.8 Å². The van der Waals surface area contributed by atoms with Crippen molar-refractivity contribution in [1.82, 2.24) is 10.3 Å². The van der Waals surface area contributed by atoms with Crippen LogP contribution in [0.2, 0.25) is 0 Å². The molecule has 0 aliphatic heterocycles. The van der Waals surface area contributed by atoms with Gasteiger partial charge in [-0.15, -0.1) is 0 Å². The molecule has 0 bridgehead atoms. The summed E-state index contributed by atoms with van der Waals surface area (Å²) in [6.07, 6.45) is 0. The summed E-state index contributed by atoms with van der Waals surface area (Å²) in [4.78, 5) is 12.5. The topological polar surface area (TPSA) is 86.5 Å². The number of nitrogens with one attached hydrogen (secondary N) is 1. The van der Waals surface area contributed by atoms with Gasteiger partial charge in [0.1, 0.15) is 11.5 Å². The maximum Gasteiger partial charge on any atom is 0.257 e. The Morgan fingerprint density at radius 3 is 2.46 bits per heavy atom. The van der Waals surface area contributed by atoms with Crippen LogP contribution in [0.15, 0.2) is 53.2 Å². The first kappa shape index (κ1) is 17.5. The standard InChI is InChI=1S/C19H19N3O4/c1-3-24-15-10-8-13(9-11-15)17-18(22-26-21-17)20-19(23)14-6-5-7-16(12-14)25-4-2/h5-12H,3-4H2,1-2H3,(H,20,22,23).